The van der Waals surface area contributed by atoms with E-state index in [0.717, 1.165) is 36.3 Å². The minimum atomic E-state index is -3.52. The Hall–Kier alpha value is -3.23. The van der Waals surface area contributed by atoms with Gasteiger partial charge >= 0.3 is 0 Å². The van der Waals surface area contributed by atoms with Crippen molar-refractivity contribution in [3.8, 4) is 5.75 Å². The predicted octanol–water partition coefficient (Wildman–Crippen LogP) is 4.28. The Balaban J connectivity index is 1.39. The second-order valence-corrected chi connectivity index (χ2v) is 10.8. The highest BCUT2D eigenvalue weighted by atomic mass is 35.5. The lowest BCUT2D eigenvalue weighted by molar-refractivity contribution is 0.0746. The van der Waals surface area contributed by atoms with Gasteiger partial charge in [0.05, 0.1) is 25.6 Å². The van der Waals surface area contributed by atoms with Crippen LogP contribution in [-0.2, 0) is 16.6 Å². The number of carbonyl (C=O) groups excluding carboxylic acids is 1. The second kappa shape index (κ2) is 10.6. The van der Waals surface area contributed by atoms with E-state index < -0.39 is 10.0 Å². The van der Waals surface area contributed by atoms with Crippen molar-refractivity contribution in [2.75, 3.05) is 48.7 Å². The quantitative estimate of drug-likeness (QED) is 0.471. The maximum atomic E-state index is 13.0. The lowest BCUT2D eigenvalue weighted by atomic mass is 10.1. The fourth-order valence-corrected chi connectivity index (χ4v) is 5.16. The Labute approximate surface area is 211 Å². The predicted molar refractivity (Wildman–Crippen MR) is 140 cm³/mol. The number of methoxy groups -OCH3 is 1. The van der Waals surface area contributed by atoms with Gasteiger partial charge in [-0.25, -0.2) is 8.42 Å². The summed E-state index contributed by atoms with van der Waals surface area (Å²) in [6, 6.07) is 21.8. The molecule has 3 aromatic carbocycles. The number of hydrogen-bond donors (Lipinski definition) is 0. The van der Waals surface area contributed by atoms with E-state index in [0.29, 0.717) is 29.4 Å². The van der Waals surface area contributed by atoms with Gasteiger partial charge in [0.15, 0.2) is 0 Å². The highest BCUT2D eigenvalue weighted by Crippen LogP contribution is 2.25. The molecule has 1 aliphatic heterocycles. The molecule has 7 nitrogen and oxygen atoms in total. The summed E-state index contributed by atoms with van der Waals surface area (Å²) >= 11 is 6.06. The Bertz CT molecular complexity index is 1270. The summed E-state index contributed by atoms with van der Waals surface area (Å²) in [5, 5.41) is 0.462. The van der Waals surface area contributed by atoms with Gasteiger partial charge in [-0.2, -0.15) is 0 Å². The van der Waals surface area contributed by atoms with Gasteiger partial charge in [0.2, 0.25) is 10.0 Å². The maximum absolute atomic E-state index is 13.0. The second-order valence-electron chi connectivity index (χ2n) is 8.42. The van der Waals surface area contributed by atoms with Crippen LogP contribution < -0.4 is 13.9 Å². The fourth-order valence-electron chi connectivity index (χ4n) is 4.09. The number of anilines is 2. The highest BCUT2D eigenvalue weighted by molar-refractivity contribution is 7.92. The van der Waals surface area contributed by atoms with Crippen molar-refractivity contribution in [1.82, 2.24) is 4.90 Å². The van der Waals surface area contributed by atoms with Gasteiger partial charge in [-0.3, -0.25) is 9.10 Å². The SMILES string of the molecule is COc1ccc(N2CCN(C(=O)c3ccc(CN(c4cccc(Cl)c4)S(C)(=O)=O)cc3)CC2)cc1. The molecule has 0 aromatic heterocycles. The van der Waals surface area contributed by atoms with E-state index in [1.807, 2.05) is 29.2 Å². The van der Waals surface area contributed by atoms with Gasteiger partial charge in [0, 0.05) is 42.5 Å². The monoisotopic (exact) mass is 513 g/mol. The molecule has 0 N–H and O–H groups in total. The van der Waals surface area contributed by atoms with Crippen LogP contribution in [0.5, 0.6) is 5.75 Å². The summed E-state index contributed by atoms with van der Waals surface area (Å²) in [5.41, 5.74) is 2.96. The first-order chi connectivity index (χ1) is 16.7. The molecular formula is C26H28ClN3O4S. The van der Waals surface area contributed by atoms with Gasteiger partial charge in [-0.1, -0.05) is 29.8 Å². The zero-order chi connectivity index (χ0) is 25.0. The Morgan fingerprint density at radius 2 is 1.63 bits per heavy atom. The number of piperazine rings is 1. The van der Waals surface area contributed by atoms with Crippen LogP contribution in [0.1, 0.15) is 15.9 Å². The molecule has 0 aliphatic carbocycles. The Kier molecular flexibility index (Phi) is 7.52. The van der Waals surface area contributed by atoms with Gasteiger partial charge in [0.1, 0.15) is 5.75 Å². The van der Waals surface area contributed by atoms with Crippen molar-refractivity contribution in [2.24, 2.45) is 0 Å². The van der Waals surface area contributed by atoms with Crippen molar-refractivity contribution in [3.63, 3.8) is 0 Å². The molecule has 3 aromatic rings. The molecule has 0 spiro atoms. The minimum Gasteiger partial charge on any atom is -0.497 e. The number of amides is 1. The van der Waals surface area contributed by atoms with Crippen LogP contribution in [0.4, 0.5) is 11.4 Å². The molecule has 1 aliphatic rings. The summed E-state index contributed by atoms with van der Waals surface area (Å²) in [6.45, 7) is 2.90. The number of nitrogens with zero attached hydrogens (tertiary/aromatic N) is 3. The van der Waals surface area contributed by atoms with Crippen LogP contribution in [0.3, 0.4) is 0 Å². The summed E-state index contributed by atoms with van der Waals surface area (Å²) in [7, 11) is -1.88. The summed E-state index contributed by atoms with van der Waals surface area (Å²) < 4.78 is 31.3. The molecule has 184 valence electrons. The van der Waals surface area contributed by atoms with Crippen LogP contribution in [0.2, 0.25) is 5.02 Å². The Morgan fingerprint density at radius 1 is 0.971 bits per heavy atom. The molecule has 1 fully saturated rings. The third kappa shape index (κ3) is 6.07. The summed E-state index contributed by atoms with van der Waals surface area (Å²) in [4.78, 5) is 17.2. The van der Waals surface area contributed by atoms with Gasteiger partial charge in [-0.05, 0) is 60.2 Å². The molecule has 35 heavy (non-hydrogen) atoms. The zero-order valence-corrected chi connectivity index (χ0v) is 21.3. The van der Waals surface area contributed by atoms with Crippen LogP contribution in [-0.4, -0.2) is 58.8 Å². The summed E-state index contributed by atoms with van der Waals surface area (Å²) in [5.74, 6) is 0.791. The van der Waals surface area contributed by atoms with Crippen molar-refractivity contribution in [3.05, 3.63) is 88.9 Å². The molecule has 0 radical (unpaired) electrons. The molecule has 0 bridgehead atoms. The number of rotatable bonds is 7. The lowest BCUT2D eigenvalue weighted by Gasteiger charge is -2.36. The standard InChI is InChI=1S/C26H28ClN3O4S/c1-34-25-12-10-23(11-13-25)28-14-16-29(17-15-28)26(31)21-8-6-20(7-9-21)19-30(35(2,32)33)24-5-3-4-22(27)18-24/h3-13,18H,14-17,19H2,1-2H3. The highest BCUT2D eigenvalue weighted by Gasteiger charge is 2.23. The minimum absolute atomic E-state index is 0.0271. The molecule has 0 saturated carbocycles. The third-order valence-electron chi connectivity index (χ3n) is 6.03. The van der Waals surface area contributed by atoms with Crippen LogP contribution in [0.25, 0.3) is 0 Å². The number of ether oxygens (including phenoxy) is 1. The lowest BCUT2D eigenvalue weighted by Crippen LogP contribution is -2.48. The number of halogens is 1. The average Bonchev–Trinajstić information content (AvgIpc) is 2.87. The molecule has 1 saturated heterocycles. The number of carbonyl (C=O) groups is 1. The molecular weight excluding hydrogens is 486 g/mol. The summed E-state index contributed by atoms with van der Waals surface area (Å²) in [6.07, 6.45) is 1.16. The first kappa shape index (κ1) is 24.9. The average molecular weight is 514 g/mol. The van der Waals surface area contributed by atoms with Crippen LogP contribution >= 0.6 is 11.6 Å². The Morgan fingerprint density at radius 3 is 2.20 bits per heavy atom. The van der Waals surface area contributed by atoms with E-state index in [4.69, 9.17) is 16.3 Å². The fraction of sp³-hybridized carbons (Fsp3) is 0.269. The van der Waals surface area contributed by atoms with Gasteiger partial charge in [0.25, 0.3) is 5.91 Å². The molecule has 0 atom stereocenters. The number of sulfonamides is 1. The van der Waals surface area contributed by atoms with Crippen LogP contribution in [0.15, 0.2) is 72.8 Å². The first-order valence-electron chi connectivity index (χ1n) is 11.2. The van der Waals surface area contributed by atoms with Crippen LogP contribution in [0, 0.1) is 0 Å². The third-order valence-corrected chi connectivity index (χ3v) is 7.40. The van der Waals surface area contributed by atoms with Crippen molar-refractivity contribution < 1.29 is 17.9 Å². The van der Waals surface area contributed by atoms with Gasteiger partial charge in [-0.15, -0.1) is 0 Å². The van der Waals surface area contributed by atoms with Crippen molar-refractivity contribution in [2.45, 2.75) is 6.54 Å². The largest absolute Gasteiger partial charge is 0.497 e. The molecule has 0 unspecified atom stereocenters. The molecule has 1 amide bonds. The van der Waals surface area contributed by atoms with E-state index in [2.05, 4.69) is 4.90 Å². The smallest absolute Gasteiger partial charge is 0.253 e. The normalized spacial score (nSPS) is 14.0. The van der Waals surface area contributed by atoms with E-state index in [1.165, 1.54) is 4.31 Å². The molecule has 1 heterocycles. The van der Waals surface area contributed by atoms with E-state index in [-0.39, 0.29) is 12.5 Å². The number of benzene rings is 3. The van der Waals surface area contributed by atoms with E-state index >= 15 is 0 Å². The maximum Gasteiger partial charge on any atom is 0.253 e. The molecule has 9 heteroatoms. The first-order valence-corrected chi connectivity index (χ1v) is 13.5. The van der Waals surface area contributed by atoms with E-state index in [1.54, 1.807) is 55.6 Å². The van der Waals surface area contributed by atoms with Crippen molar-refractivity contribution in [1.29, 1.82) is 0 Å². The number of hydrogen-bond acceptors (Lipinski definition) is 5. The molecule has 4 rings (SSSR count). The van der Waals surface area contributed by atoms with Gasteiger partial charge < -0.3 is 14.5 Å². The van der Waals surface area contributed by atoms with E-state index in [9.17, 15) is 13.2 Å². The zero-order valence-electron chi connectivity index (χ0n) is 19.7. The topological polar surface area (TPSA) is 70.2 Å². The van der Waals surface area contributed by atoms with Crippen molar-refractivity contribution >= 4 is 38.9 Å².